The highest BCUT2D eigenvalue weighted by Crippen LogP contribution is 2.41. The van der Waals surface area contributed by atoms with Crippen molar-refractivity contribution in [2.45, 2.75) is 36.2 Å². The Labute approximate surface area is 196 Å². The Bertz CT molecular complexity index is 1220. The number of thioether (sulfide) groups is 1. The van der Waals surface area contributed by atoms with Crippen molar-refractivity contribution in [3.63, 3.8) is 0 Å². The van der Waals surface area contributed by atoms with Gasteiger partial charge < -0.3 is 10.1 Å². The third-order valence-corrected chi connectivity index (χ3v) is 6.31. The van der Waals surface area contributed by atoms with E-state index in [1.165, 1.54) is 11.8 Å². The Balaban J connectivity index is 1.24. The van der Waals surface area contributed by atoms with E-state index < -0.39 is 0 Å². The van der Waals surface area contributed by atoms with Crippen LogP contribution in [0.15, 0.2) is 84.3 Å². The highest BCUT2D eigenvalue weighted by Gasteiger charge is 2.31. The smallest absolute Gasteiger partial charge is 0.237 e. The molecule has 0 saturated heterocycles. The highest BCUT2D eigenvalue weighted by atomic mass is 32.2. The molecule has 33 heavy (non-hydrogen) atoms. The maximum absolute atomic E-state index is 12.8. The minimum absolute atomic E-state index is 0.0926. The molecule has 0 aliphatic heterocycles. The van der Waals surface area contributed by atoms with Gasteiger partial charge >= 0.3 is 0 Å². The van der Waals surface area contributed by atoms with Gasteiger partial charge in [0.15, 0.2) is 11.0 Å². The van der Waals surface area contributed by atoms with Crippen LogP contribution in [-0.2, 0) is 4.79 Å². The SMILES string of the molecule is C[C@H](Sc1nnc(-c2cccnc2)n1C1CC1)C(=O)Nc1ccc(Oc2ccccc2)cc1. The van der Waals surface area contributed by atoms with Gasteiger partial charge in [0.1, 0.15) is 11.5 Å². The largest absolute Gasteiger partial charge is 0.457 e. The lowest BCUT2D eigenvalue weighted by atomic mass is 10.3. The molecule has 1 aliphatic carbocycles. The molecule has 1 aliphatic rings. The fourth-order valence-corrected chi connectivity index (χ4v) is 4.32. The van der Waals surface area contributed by atoms with Crippen molar-refractivity contribution in [3.05, 3.63) is 79.1 Å². The zero-order chi connectivity index (χ0) is 22.6. The fourth-order valence-electron chi connectivity index (χ4n) is 3.40. The van der Waals surface area contributed by atoms with E-state index in [0.717, 1.165) is 35.1 Å². The third kappa shape index (κ3) is 5.06. The van der Waals surface area contributed by atoms with Crippen LogP contribution in [0.25, 0.3) is 11.4 Å². The van der Waals surface area contributed by atoms with Gasteiger partial charge in [0, 0.05) is 29.7 Å². The Kier molecular flexibility index (Phi) is 6.08. The molecule has 0 bridgehead atoms. The predicted molar refractivity (Wildman–Crippen MR) is 128 cm³/mol. The molecule has 8 heteroatoms. The van der Waals surface area contributed by atoms with Gasteiger partial charge in [-0.3, -0.25) is 14.3 Å². The molecule has 0 radical (unpaired) electrons. The summed E-state index contributed by atoms with van der Waals surface area (Å²) in [7, 11) is 0. The van der Waals surface area contributed by atoms with Crippen LogP contribution in [0.2, 0.25) is 0 Å². The van der Waals surface area contributed by atoms with Crippen LogP contribution < -0.4 is 10.1 Å². The maximum atomic E-state index is 12.8. The predicted octanol–water partition coefficient (Wildman–Crippen LogP) is 5.59. The summed E-state index contributed by atoms with van der Waals surface area (Å²) in [5.74, 6) is 2.19. The second kappa shape index (κ2) is 9.46. The van der Waals surface area contributed by atoms with Gasteiger partial charge in [-0.15, -0.1) is 10.2 Å². The minimum atomic E-state index is -0.339. The standard InChI is InChI=1S/C25H23N5O2S/c1-17(24(31)27-19-9-13-22(14-10-19)32-21-7-3-2-4-8-21)33-25-29-28-23(30(25)20-11-12-20)18-6-5-15-26-16-18/h2-10,13-17,20H,11-12H2,1H3,(H,27,31)/t17-/m0/s1. The van der Waals surface area contributed by atoms with Gasteiger partial charge in [0.2, 0.25) is 5.91 Å². The second-order valence-corrected chi connectivity index (χ2v) is 9.15. The average molecular weight is 458 g/mol. The van der Waals surface area contributed by atoms with Crippen molar-refractivity contribution in [2.24, 2.45) is 0 Å². The number of amides is 1. The fraction of sp³-hybridized carbons (Fsp3) is 0.200. The van der Waals surface area contributed by atoms with E-state index in [1.807, 2.05) is 73.7 Å². The number of nitrogens with one attached hydrogen (secondary N) is 1. The molecule has 2 heterocycles. The number of hydrogen-bond donors (Lipinski definition) is 1. The topological polar surface area (TPSA) is 81.9 Å². The summed E-state index contributed by atoms with van der Waals surface area (Å²) < 4.78 is 7.95. The molecule has 5 rings (SSSR count). The zero-order valence-corrected chi connectivity index (χ0v) is 18.9. The molecule has 1 N–H and O–H groups in total. The summed E-state index contributed by atoms with van der Waals surface area (Å²) in [5, 5.41) is 12.2. The summed E-state index contributed by atoms with van der Waals surface area (Å²) in [6, 6.07) is 21.2. The number of hydrogen-bond acceptors (Lipinski definition) is 6. The van der Waals surface area contributed by atoms with E-state index in [-0.39, 0.29) is 11.2 Å². The first-order valence-corrected chi connectivity index (χ1v) is 11.7. The quantitative estimate of drug-likeness (QED) is 0.348. The van der Waals surface area contributed by atoms with Gasteiger partial charge in [-0.1, -0.05) is 30.0 Å². The van der Waals surface area contributed by atoms with Crippen molar-refractivity contribution in [1.82, 2.24) is 19.7 Å². The van der Waals surface area contributed by atoms with Crippen molar-refractivity contribution in [1.29, 1.82) is 0 Å². The van der Waals surface area contributed by atoms with Crippen LogP contribution in [0.3, 0.4) is 0 Å². The van der Waals surface area contributed by atoms with Crippen molar-refractivity contribution < 1.29 is 9.53 Å². The first kappa shape index (κ1) is 21.2. The van der Waals surface area contributed by atoms with E-state index in [0.29, 0.717) is 17.5 Å². The van der Waals surface area contributed by atoms with E-state index in [1.54, 1.807) is 12.4 Å². The molecule has 0 spiro atoms. The number of para-hydroxylation sites is 1. The number of benzene rings is 2. The number of carbonyl (C=O) groups excluding carboxylic acids is 1. The number of ether oxygens (including phenoxy) is 1. The lowest BCUT2D eigenvalue weighted by molar-refractivity contribution is -0.115. The summed E-state index contributed by atoms with van der Waals surface area (Å²) in [6.07, 6.45) is 5.72. The number of anilines is 1. The maximum Gasteiger partial charge on any atom is 0.237 e. The molecule has 1 amide bonds. The van der Waals surface area contributed by atoms with Crippen LogP contribution in [0, 0.1) is 0 Å². The lowest BCUT2D eigenvalue weighted by Crippen LogP contribution is -2.22. The molecule has 2 aromatic carbocycles. The van der Waals surface area contributed by atoms with E-state index >= 15 is 0 Å². The molecular weight excluding hydrogens is 434 g/mol. The number of nitrogens with zero attached hydrogens (tertiary/aromatic N) is 4. The Hall–Kier alpha value is -3.65. The van der Waals surface area contributed by atoms with Crippen molar-refractivity contribution in [3.8, 4) is 22.9 Å². The van der Waals surface area contributed by atoms with Crippen LogP contribution in [0.5, 0.6) is 11.5 Å². The van der Waals surface area contributed by atoms with Crippen LogP contribution >= 0.6 is 11.8 Å². The molecule has 166 valence electrons. The Morgan fingerprint density at radius 1 is 1.03 bits per heavy atom. The normalized spacial score (nSPS) is 14.0. The van der Waals surface area contributed by atoms with Crippen molar-refractivity contribution in [2.75, 3.05) is 5.32 Å². The molecule has 4 aromatic rings. The number of rotatable bonds is 8. The van der Waals surface area contributed by atoms with Gasteiger partial charge in [-0.2, -0.15) is 0 Å². The Morgan fingerprint density at radius 3 is 2.48 bits per heavy atom. The second-order valence-electron chi connectivity index (χ2n) is 7.84. The summed E-state index contributed by atoms with van der Waals surface area (Å²) in [6.45, 7) is 1.88. The van der Waals surface area contributed by atoms with Crippen molar-refractivity contribution >= 4 is 23.4 Å². The number of aromatic nitrogens is 4. The van der Waals surface area contributed by atoms with Gasteiger partial charge in [-0.25, -0.2) is 0 Å². The zero-order valence-electron chi connectivity index (χ0n) is 18.1. The molecular formula is C25H23N5O2S. The lowest BCUT2D eigenvalue weighted by Gasteiger charge is -2.14. The van der Waals surface area contributed by atoms with Gasteiger partial charge in [0.25, 0.3) is 0 Å². The average Bonchev–Trinajstić information content (AvgIpc) is 3.61. The molecule has 1 saturated carbocycles. The van der Waals surface area contributed by atoms with Crippen LogP contribution in [0.4, 0.5) is 5.69 Å². The van der Waals surface area contributed by atoms with E-state index in [4.69, 9.17) is 4.74 Å². The van der Waals surface area contributed by atoms with Gasteiger partial charge in [0.05, 0.1) is 5.25 Å². The summed E-state index contributed by atoms with van der Waals surface area (Å²) >= 11 is 1.42. The highest BCUT2D eigenvalue weighted by molar-refractivity contribution is 8.00. The first-order valence-electron chi connectivity index (χ1n) is 10.8. The monoisotopic (exact) mass is 457 g/mol. The molecule has 1 fully saturated rings. The molecule has 7 nitrogen and oxygen atoms in total. The minimum Gasteiger partial charge on any atom is -0.457 e. The summed E-state index contributed by atoms with van der Waals surface area (Å²) in [4.78, 5) is 17.0. The van der Waals surface area contributed by atoms with Gasteiger partial charge in [-0.05, 0) is 68.3 Å². The molecule has 2 aromatic heterocycles. The molecule has 0 unspecified atom stereocenters. The first-order chi connectivity index (χ1) is 16.2. The number of pyridine rings is 1. The molecule has 1 atom stereocenters. The Morgan fingerprint density at radius 2 is 1.79 bits per heavy atom. The van der Waals surface area contributed by atoms with E-state index in [2.05, 4.69) is 25.1 Å². The van der Waals surface area contributed by atoms with E-state index in [9.17, 15) is 4.79 Å². The van der Waals surface area contributed by atoms with Crippen LogP contribution in [0.1, 0.15) is 25.8 Å². The third-order valence-electron chi connectivity index (χ3n) is 5.25. The number of carbonyl (C=O) groups is 1. The summed E-state index contributed by atoms with van der Waals surface area (Å²) in [5.41, 5.74) is 1.64. The van der Waals surface area contributed by atoms with Crippen LogP contribution in [-0.4, -0.2) is 30.9 Å².